The van der Waals surface area contributed by atoms with Gasteiger partial charge >= 0.3 is 0 Å². The van der Waals surface area contributed by atoms with Crippen LogP contribution in [0.4, 0.5) is 4.39 Å². The third kappa shape index (κ3) is 4.94. The molecular weight excluding hydrogens is 469 g/mol. The second-order valence-corrected chi connectivity index (χ2v) is 9.43. The van der Waals surface area contributed by atoms with Gasteiger partial charge in [-0.25, -0.2) is 14.4 Å². The Balaban J connectivity index is 1.69. The van der Waals surface area contributed by atoms with E-state index in [0.717, 1.165) is 31.7 Å². The number of benzene rings is 1. The van der Waals surface area contributed by atoms with Gasteiger partial charge in [-0.15, -0.1) is 0 Å². The molecule has 1 aromatic carbocycles. The molecule has 2 saturated heterocycles. The zero-order chi connectivity index (χ0) is 25.2. The van der Waals surface area contributed by atoms with E-state index in [4.69, 9.17) is 27.8 Å². The van der Waals surface area contributed by atoms with Gasteiger partial charge in [0.15, 0.2) is 0 Å². The molecule has 4 rings (SSSR count). The fourth-order valence-corrected chi connectivity index (χ4v) is 4.86. The van der Waals surface area contributed by atoms with Crippen molar-refractivity contribution in [3.8, 4) is 11.3 Å². The number of aromatic nitrogens is 2. The SMILES string of the molecule is C=C(N)/C=C\C(=C/N)c1c(CC)ncnc1-c1cc(F)c(C(=O)N2CCC3(CC2)COC3)c(Cl)c1. The minimum atomic E-state index is -0.698. The van der Waals surface area contributed by atoms with Gasteiger partial charge in [0.2, 0.25) is 0 Å². The molecule has 0 aliphatic carbocycles. The van der Waals surface area contributed by atoms with Gasteiger partial charge in [-0.05, 0) is 37.5 Å². The molecule has 2 aliphatic rings. The predicted molar refractivity (Wildman–Crippen MR) is 135 cm³/mol. The Morgan fingerprint density at radius 1 is 1.26 bits per heavy atom. The second-order valence-electron chi connectivity index (χ2n) is 9.03. The highest BCUT2D eigenvalue weighted by Gasteiger charge is 2.42. The number of nitrogens with zero attached hydrogens (tertiary/aromatic N) is 3. The third-order valence-electron chi connectivity index (χ3n) is 6.66. The molecule has 1 amide bonds. The number of ether oxygens (including phenoxy) is 1. The quantitative estimate of drug-likeness (QED) is 0.582. The molecule has 0 unspecified atom stereocenters. The fourth-order valence-electron chi connectivity index (χ4n) is 4.57. The number of halogens is 2. The number of piperidine rings is 1. The number of allylic oxidation sites excluding steroid dienone is 3. The van der Waals surface area contributed by atoms with E-state index in [0.29, 0.717) is 47.6 Å². The number of carbonyl (C=O) groups excluding carboxylic acids is 1. The summed E-state index contributed by atoms with van der Waals surface area (Å²) in [4.78, 5) is 23.6. The van der Waals surface area contributed by atoms with Crippen molar-refractivity contribution in [3.05, 3.63) is 76.7 Å². The first-order valence-corrected chi connectivity index (χ1v) is 11.9. The summed E-state index contributed by atoms with van der Waals surface area (Å²) in [6.07, 6.45) is 8.42. The maximum Gasteiger partial charge on any atom is 0.258 e. The van der Waals surface area contributed by atoms with Crippen molar-refractivity contribution in [3.63, 3.8) is 0 Å². The number of hydrogen-bond donors (Lipinski definition) is 2. The minimum Gasteiger partial charge on any atom is -0.404 e. The van der Waals surface area contributed by atoms with E-state index in [1.807, 2.05) is 6.92 Å². The van der Waals surface area contributed by atoms with Gasteiger partial charge in [-0.1, -0.05) is 31.2 Å². The molecular formula is C26H29ClFN5O2. The molecule has 1 spiro atoms. The van der Waals surface area contributed by atoms with Gasteiger partial charge in [-0.3, -0.25) is 4.79 Å². The number of hydrogen-bond acceptors (Lipinski definition) is 6. The Bertz CT molecular complexity index is 1190. The molecule has 3 heterocycles. The standard InChI is InChI=1S/C26H29ClFN5O2/c1-3-21-22(17(12-29)5-4-16(2)30)24(32-15-31-21)18-10-19(27)23(20(28)11-18)25(34)33-8-6-26(7-9-33)13-35-14-26/h4-5,10-12,15H,2-3,6-9,13-14,29-30H2,1H3/b5-4-,17-12+. The number of amides is 1. The minimum absolute atomic E-state index is 0.0315. The highest BCUT2D eigenvalue weighted by Crippen LogP contribution is 2.39. The van der Waals surface area contributed by atoms with Crippen LogP contribution in [0.15, 0.2) is 49.1 Å². The van der Waals surface area contributed by atoms with Crippen LogP contribution in [-0.4, -0.2) is 47.1 Å². The lowest BCUT2D eigenvalue weighted by molar-refractivity contribution is -0.136. The van der Waals surface area contributed by atoms with Crippen LogP contribution in [0.1, 0.15) is 41.4 Å². The smallest absolute Gasteiger partial charge is 0.258 e. The zero-order valence-corrected chi connectivity index (χ0v) is 20.4. The van der Waals surface area contributed by atoms with E-state index in [-0.39, 0.29) is 16.0 Å². The lowest BCUT2D eigenvalue weighted by Crippen LogP contribution is -2.52. The third-order valence-corrected chi connectivity index (χ3v) is 6.96. The van der Waals surface area contributed by atoms with Crippen LogP contribution in [0.3, 0.4) is 0 Å². The molecule has 35 heavy (non-hydrogen) atoms. The van der Waals surface area contributed by atoms with Crippen LogP contribution >= 0.6 is 11.6 Å². The van der Waals surface area contributed by atoms with Gasteiger partial charge in [0.25, 0.3) is 5.91 Å². The van der Waals surface area contributed by atoms with Crippen molar-refractivity contribution in [1.82, 2.24) is 14.9 Å². The molecule has 2 fully saturated rings. The maximum atomic E-state index is 15.4. The number of carbonyl (C=O) groups is 1. The number of nitrogens with two attached hydrogens (primary N) is 2. The average Bonchev–Trinajstić information content (AvgIpc) is 2.82. The van der Waals surface area contributed by atoms with Crippen molar-refractivity contribution in [2.45, 2.75) is 26.2 Å². The number of rotatable bonds is 6. The molecule has 4 N–H and O–H groups in total. The first-order chi connectivity index (χ1) is 16.8. The van der Waals surface area contributed by atoms with Crippen LogP contribution in [0, 0.1) is 11.2 Å². The molecule has 1 aromatic heterocycles. The topological polar surface area (TPSA) is 107 Å². The Morgan fingerprint density at radius 3 is 2.51 bits per heavy atom. The second kappa shape index (κ2) is 10.2. The van der Waals surface area contributed by atoms with Crippen LogP contribution in [-0.2, 0) is 11.2 Å². The molecule has 9 heteroatoms. The summed E-state index contributed by atoms with van der Waals surface area (Å²) in [6, 6.07) is 2.85. The van der Waals surface area contributed by atoms with Crippen molar-refractivity contribution in [2.75, 3.05) is 26.3 Å². The lowest BCUT2D eigenvalue weighted by atomic mass is 9.77. The molecule has 0 bridgehead atoms. The van der Waals surface area contributed by atoms with Gasteiger partial charge < -0.3 is 21.1 Å². The lowest BCUT2D eigenvalue weighted by Gasteiger charge is -2.47. The summed E-state index contributed by atoms with van der Waals surface area (Å²) in [5.74, 6) is -1.10. The van der Waals surface area contributed by atoms with Gasteiger partial charge in [-0.2, -0.15) is 0 Å². The van der Waals surface area contributed by atoms with Crippen molar-refractivity contribution < 1.29 is 13.9 Å². The van der Waals surface area contributed by atoms with E-state index >= 15 is 4.39 Å². The molecule has 2 aliphatic heterocycles. The number of likely N-dealkylation sites (tertiary alicyclic amines) is 1. The van der Waals surface area contributed by atoms with Crippen LogP contribution in [0.25, 0.3) is 16.8 Å². The van der Waals surface area contributed by atoms with E-state index in [9.17, 15) is 4.79 Å². The first kappa shape index (κ1) is 24.9. The summed E-state index contributed by atoms with van der Waals surface area (Å²) in [7, 11) is 0. The zero-order valence-electron chi connectivity index (χ0n) is 19.7. The van der Waals surface area contributed by atoms with Crippen LogP contribution < -0.4 is 11.5 Å². The summed E-state index contributed by atoms with van der Waals surface area (Å²) in [5.41, 5.74) is 14.8. The normalized spacial score (nSPS) is 17.6. The van der Waals surface area contributed by atoms with E-state index < -0.39 is 11.7 Å². The maximum absolute atomic E-state index is 15.4. The highest BCUT2D eigenvalue weighted by atomic mass is 35.5. The summed E-state index contributed by atoms with van der Waals surface area (Å²) in [6.45, 7) is 8.18. The first-order valence-electron chi connectivity index (χ1n) is 11.5. The van der Waals surface area contributed by atoms with E-state index in [1.165, 1.54) is 18.6 Å². The molecule has 7 nitrogen and oxygen atoms in total. The Kier molecular flexibility index (Phi) is 7.23. The molecule has 2 aromatic rings. The molecule has 184 valence electrons. The Labute approximate surface area is 209 Å². The highest BCUT2D eigenvalue weighted by molar-refractivity contribution is 6.34. The number of aryl methyl sites for hydroxylation is 1. The molecule has 0 saturated carbocycles. The Morgan fingerprint density at radius 2 is 1.97 bits per heavy atom. The van der Waals surface area contributed by atoms with Crippen LogP contribution in [0.2, 0.25) is 5.02 Å². The van der Waals surface area contributed by atoms with Crippen molar-refractivity contribution >= 4 is 23.1 Å². The van der Waals surface area contributed by atoms with Crippen LogP contribution in [0.5, 0.6) is 0 Å². The van der Waals surface area contributed by atoms with E-state index in [2.05, 4.69) is 16.5 Å². The Hall–Kier alpha value is -3.23. The summed E-state index contributed by atoms with van der Waals surface area (Å²) < 4.78 is 20.8. The van der Waals surface area contributed by atoms with Gasteiger partial charge in [0, 0.05) is 47.1 Å². The largest absolute Gasteiger partial charge is 0.404 e. The summed E-state index contributed by atoms with van der Waals surface area (Å²) >= 11 is 6.50. The van der Waals surface area contributed by atoms with Gasteiger partial charge in [0.05, 0.1) is 35.2 Å². The summed E-state index contributed by atoms with van der Waals surface area (Å²) in [5, 5.41) is 0.0315. The van der Waals surface area contributed by atoms with Gasteiger partial charge in [0.1, 0.15) is 12.1 Å². The average molecular weight is 498 g/mol. The van der Waals surface area contributed by atoms with E-state index in [1.54, 1.807) is 23.1 Å². The van der Waals surface area contributed by atoms with Crippen molar-refractivity contribution in [1.29, 1.82) is 0 Å². The predicted octanol–water partition coefficient (Wildman–Crippen LogP) is 4.08. The molecule has 0 radical (unpaired) electrons. The monoisotopic (exact) mass is 497 g/mol. The van der Waals surface area contributed by atoms with Crippen molar-refractivity contribution in [2.24, 2.45) is 16.9 Å². The molecule has 0 atom stereocenters. The fraction of sp³-hybridized carbons (Fsp3) is 0.346.